The van der Waals surface area contributed by atoms with Crippen LogP contribution < -0.4 is 14.7 Å². The first-order valence-electron chi connectivity index (χ1n) is 31.4. The first kappa shape index (κ1) is 56.5. The Kier molecular flexibility index (Phi) is 16.2. The zero-order valence-corrected chi connectivity index (χ0v) is 50.4. The molecule has 0 radical (unpaired) electrons. The van der Waals surface area contributed by atoms with Crippen molar-refractivity contribution in [3.63, 3.8) is 0 Å². The number of hydrogen-bond acceptors (Lipinski definition) is 12. The minimum atomic E-state index is -0.0666. The molecule has 17 heteroatoms. The topological polar surface area (TPSA) is 167 Å². The summed E-state index contributed by atoms with van der Waals surface area (Å²) in [6.07, 6.45) is 18.5. The van der Waals surface area contributed by atoms with E-state index in [4.69, 9.17) is 29.6 Å². The molecule has 6 unspecified atom stereocenters. The Morgan fingerprint density at radius 3 is 2.04 bits per heavy atom. The number of amides is 1. The van der Waals surface area contributed by atoms with Gasteiger partial charge in [-0.05, 0) is 134 Å². The molecular weight excluding hydrogens is 1060 g/mol. The van der Waals surface area contributed by atoms with Crippen molar-refractivity contribution in [3.8, 4) is 34.6 Å². The van der Waals surface area contributed by atoms with Gasteiger partial charge in [-0.1, -0.05) is 88.9 Å². The van der Waals surface area contributed by atoms with Crippen molar-refractivity contribution >= 4 is 50.9 Å². The van der Waals surface area contributed by atoms with Gasteiger partial charge in [0.25, 0.3) is 0 Å². The van der Waals surface area contributed by atoms with E-state index >= 15 is 0 Å². The molecule has 10 heterocycles. The predicted molar refractivity (Wildman–Crippen MR) is 336 cm³/mol. The third-order valence-electron chi connectivity index (χ3n) is 19.8. The van der Waals surface area contributed by atoms with E-state index in [1.807, 2.05) is 38.8 Å². The Balaban J connectivity index is 0.659. The number of fused-ring (bicyclic) bond motifs is 2. The summed E-state index contributed by atoms with van der Waals surface area (Å²) in [6, 6.07) is 26.6. The summed E-state index contributed by atoms with van der Waals surface area (Å²) < 4.78 is 15.3. The maximum absolute atomic E-state index is 14.0. The Morgan fingerprint density at radius 2 is 1.42 bits per heavy atom. The van der Waals surface area contributed by atoms with Gasteiger partial charge in [-0.25, -0.2) is 9.97 Å². The molecule has 17 nitrogen and oxygen atoms in total. The molecule has 1 aliphatic carbocycles. The van der Waals surface area contributed by atoms with Gasteiger partial charge >= 0.3 is 0 Å². The molecule has 0 saturated carbocycles. The van der Waals surface area contributed by atoms with Crippen LogP contribution in [0.2, 0.25) is 0 Å². The molecule has 5 aliphatic rings. The van der Waals surface area contributed by atoms with Gasteiger partial charge in [-0.15, -0.1) is 5.92 Å². The van der Waals surface area contributed by atoms with Crippen LogP contribution in [0.5, 0.6) is 0 Å². The molecule has 4 fully saturated rings. The fraction of sp³-hybridized carbons (Fsp3) is 0.485. The van der Waals surface area contributed by atoms with Crippen LogP contribution in [0.4, 0.5) is 17.3 Å². The highest BCUT2D eigenvalue weighted by molar-refractivity contribution is 5.98. The zero-order valence-electron chi connectivity index (χ0n) is 50.4. The minimum Gasteiger partial charge on any atom is -0.377 e. The number of hydrogen-bond donors (Lipinski definition) is 2. The third-order valence-corrected chi connectivity index (χ3v) is 19.8. The molecule has 85 heavy (non-hydrogen) atoms. The monoisotopic (exact) mass is 1140 g/mol. The van der Waals surface area contributed by atoms with Gasteiger partial charge in [-0.3, -0.25) is 19.9 Å². The van der Waals surface area contributed by atoms with Crippen molar-refractivity contribution in [2.45, 2.75) is 118 Å². The van der Waals surface area contributed by atoms with Gasteiger partial charge in [0, 0.05) is 85.5 Å². The second-order valence-electron chi connectivity index (χ2n) is 25.3. The molecule has 442 valence electrons. The van der Waals surface area contributed by atoms with Crippen LogP contribution in [0.3, 0.4) is 0 Å². The molecule has 2 N–H and O–H groups in total. The molecule has 0 bridgehead atoms. The summed E-state index contributed by atoms with van der Waals surface area (Å²) in [5, 5.41) is 26.1. The van der Waals surface area contributed by atoms with Gasteiger partial charge in [0.05, 0.1) is 63.3 Å². The Morgan fingerprint density at radius 1 is 0.765 bits per heavy atom. The number of ether oxygens (including phenoxy) is 2. The number of nitrogens with zero attached hydrogens (tertiary/aromatic N) is 12. The lowest BCUT2D eigenvalue weighted by Gasteiger charge is -2.34. The Labute approximate surface area is 499 Å². The highest BCUT2D eigenvalue weighted by atomic mass is 16.5. The fourth-order valence-electron chi connectivity index (χ4n) is 14.5. The lowest BCUT2D eigenvalue weighted by molar-refractivity contribution is -0.117. The summed E-state index contributed by atoms with van der Waals surface area (Å²) in [7, 11) is 0. The van der Waals surface area contributed by atoms with Gasteiger partial charge < -0.3 is 24.2 Å². The van der Waals surface area contributed by atoms with Gasteiger partial charge in [0.15, 0.2) is 22.9 Å². The lowest BCUT2D eigenvalue weighted by Crippen LogP contribution is -2.44. The number of morpholine rings is 2. The number of likely N-dealkylation sites (tertiary alicyclic amines) is 1. The Hall–Kier alpha value is -7.65. The Bertz CT molecular complexity index is 3730. The smallest absolute Gasteiger partial charge is 0.227 e. The number of anilines is 3. The first-order chi connectivity index (χ1) is 41.5. The van der Waals surface area contributed by atoms with Crippen molar-refractivity contribution in [3.05, 3.63) is 120 Å². The second kappa shape index (κ2) is 24.4. The van der Waals surface area contributed by atoms with Crippen LogP contribution in [-0.2, 0) is 27.2 Å². The summed E-state index contributed by atoms with van der Waals surface area (Å²) in [6.45, 7) is 21.8. The summed E-state index contributed by atoms with van der Waals surface area (Å²) in [5.41, 5.74) is 9.91. The number of H-pyrrole nitrogens is 2. The van der Waals surface area contributed by atoms with Crippen LogP contribution >= 0.6 is 0 Å². The van der Waals surface area contributed by atoms with Crippen molar-refractivity contribution in [1.82, 2.24) is 54.8 Å². The molecule has 13 rings (SSSR count). The number of allylic oxidation sites excluding steroid dienone is 2. The predicted octanol–water partition coefficient (Wildman–Crippen LogP) is 11.5. The quantitative estimate of drug-likeness (QED) is 0.0830. The average molecular weight is 1140 g/mol. The van der Waals surface area contributed by atoms with E-state index in [-0.39, 0.29) is 23.4 Å². The van der Waals surface area contributed by atoms with Crippen molar-refractivity contribution in [1.29, 1.82) is 0 Å². The summed E-state index contributed by atoms with van der Waals surface area (Å²) in [4.78, 5) is 33.7. The molecule has 6 aromatic heterocycles. The first-order valence-corrected chi connectivity index (χ1v) is 31.4. The summed E-state index contributed by atoms with van der Waals surface area (Å²) >= 11 is 0. The van der Waals surface area contributed by atoms with E-state index in [0.717, 1.165) is 146 Å². The van der Waals surface area contributed by atoms with Crippen LogP contribution in [0, 0.1) is 46.8 Å². The number of aromatic amines is 2. The highest BCUT2D eigenvalue weighted by Crippen LogP contribution is 2.44. The maximum Gasteiger partial charge on any atom is 0.227 e. The minimum absolute atomic E-state index is 0.0666. The van der Waals surface area contributed by atoms with E-state index in [1.54, 1.807) is 12.4 Å². The van der Waals surface area contributed by atoms with E-state index in [2.05, 4.69) is 155 Å². The molecule has 4 saturated heterocycles. The zero-order chi connectivity index (χ0) is 58.2. The number of nitrogens with one attached hydrogen (secondary N) is 2. The van der Waals surface area contributed by atoms with Crippen molar-refractivity contribution in [2.24, 2.45) is 35.0 Å². The van der Waals surface area contributed by atoms with Crippen molar-refractivity contribution in [2.75, 3.05) is 73.9 Å². The van der Waals surface area contributed by atoms with Crippen LogP contribution in [0.25, 0.3) is 50.4 Å². The number of pyridine rings is 2. The van der Waals surface area contributed by atoms with E-state index in [9.17, 15) is 4.79 Å². The van der Waals surface area contributed by atoms with Gasteiger partial charge in [-0.2, -0.15) is 29.8 Å². The average Bonchev–Trinajstić information content (AvgIpc) is 3.01. The van der Waals surface area contributed by atoms with Gasteiger partial charge in [0.1, 0.15) is 11.6 Å². The van der Waals surface area contributed by atoms with E-state index in [1.165, 1.54) is 28.7 Å². The fourth-order valence-corrected chi connectivity index (χ4v) is 14.5. The van der Waals surface area contributed by atoms with Gasteiger partial charge in [0.2, 0.25) is 5.91 Å². The number of benzene rings is 2. The number of carbonyl (C=O) groups excluding carboxylic acids is 1. The highest BCUT2D eigenvalue weighted by Gasteiger charge is 2.48. The molecule has 8 atom stereocenters. The number of carbonyl (C=O) groups is 1. The third kappa shape index (κ3) is 11.5. The second-order valence-corrected chi connectivity index (χ2v) is 25.3. The molecule has 1 amide bonds. The number of aromatic nitrogens is 10. The summed E-state index contributed by atoms with van der Waals surface area (Å²) in [5.74, 6) is 13.8. The van der Waals surface area contributed by atoms with Crippen LogP contribution in [-0.4, -0.2) is 132 Å². The maximum atomic E-state index is 14.0. The van der Waals surface area contributed by atoms with Crippen LogP contribution in [0.15, 0.2) is 104 Å². The molecule has 1 spiro atoms. The van der Waals surface area contributed by atoms with E-state index < -0.39 is 0 Å². The molecule has 8 aromatic rings. The largest absolute Gasteiger partial charge is 0.377 e. The normalized spacial score (nSPS) is 22.8. The van der Waals surface area contributed by atoms with E-state index in [0.29, 0.717) is 62.4 Å². The molecule has 2 aromatic carbocycles. The standard InChI is InChI=1S/C68H82N14O3/c1-7-45(3)48(6)56(52(8-2)14-10-11-49-15-17-53(18-16-49)57-35-63(78-29-31-84-41-46(78)4)73-66-59(57)38-71-81(66)61-23-26-69-75-61)34-50-12-9-13-51(33-50)40-77-28-25-68(43-77)37-65(83)80(44-68)55-21-19-54(20-22-55)58-36-64(79-30-32-85-42-47(79)5)74-67-60(58)39-72-82(67)62-24-27-70-76-62/h9,12-13,17,19-24,26-27,33,35-36,38-39,45-49,52,56H,7-8,14-16,18,25,28-32,34,37,40-44H2,1-6H3,(H,69,75)(H,70,76)/t45?,46-,47-,48?,49?,52?,56?,68?/m1/s1. The number of rotatable bonds is 17. The SMILES string of the molecule is CCC(C)C(C)C(Cc1cccc(CN2CCC3(CC(=O)N(c4ccc(-c5cc(N6CCOC[C@H]6C)nc6c5cnn6-c5ccn[nH]5)cc4)C3)C2)c1)C(CC)CC#CC1CC=C(c2cc(N3CCOC[C@H]3C)nc3c2cnn3-c2ccn[nH]2)CC1. The van der Waals surface area contributed by atoms with Crippen molar-refractivity contribution < 1.29 is 14.3 Å². The van der Waals surface area contributed by atoms with Crippen LogP contribution in [0.1, 0.15) is 110 Å². The lowest BCUT2D eigenvalue weighted by atomic mass is 9.71. The molecular formula is C68H82N14O3. The molecule has 4 aliphatic heterocycles.